The number of halogens is 1. The minimum absolute atomic E-state index is 0.0757. The van der Waals surface area contributed by atoms with Crippen LogP contribution in [-0.4, -0.2) is 15.3 Å². The zero-order valence-corrected chi connectivity index (χ0v) is 13.1. The molecule has 0 saturated heterocycles. The van der Waals surface area contributed by atoms with Gasteiger partial charge in [0.15, 0.2) is 0 Å². The Hall–Kier alpha value is -2.14. The molecule has 3 aromatic rings. The fraction of sp³-hybridized carbons (Fsp3) is 0.125. The molecule has 3 rings (SSSR count). The molecule has 0 atom stereocenters. The monoisotopic (exact) mass is 343 g/mol. The van der Waals surface area contributed by atoms with E-state index in [9.17, 15) is 4.79 Å². The number of aromatic nitrogens is 2. The zero-order valence-electron chi connectivity index (χ0n) is 11.5. The summed E-state index contributed by atoms with van der Waals surface area (Å²) in [6, 6.07) is 11.5. The van der Waals surface area contributed by atoms with Crippen molar-refractivity contribution in [1.29, 1.82) is 0 Å². The van der Waals surface area contributed by atoms with Crippen LogP contribution in [0.5, 0.6) is 0 Å². The molecule has 5 heteroatoms. The first-order valence-electron chi connectivity index (χ1n) is 6.60. The highest BCUT2D eigenvalue weighted by Gasteiger charge is 2.08. The van der Waals surface area contributed by atoms with E-state index in [2.05, 4.69) is 26.2 Å². The first-order chi connectivity index (χ1) is 10.1. The van der Waals surface area contributed by atoms with Crippen LogP contribution < -0.4 is 5.32 Å². The molecule has 106 valence electrons. The van der Waals surface area contributed by atoms with Crippen LogP contribution in [0.15, 0.2) is 53.3 Å². The van der Waals surface area contributed by atoms with Gasteiger partial charge in [0.2, 0.25) is 5.91 Å². The Morgan fingerprint density at radius 3 is 3.00 bits per heavy atom. The Morgan fingerprint density at radius 1 is 1.33 bits per heavy atom. The molecule has 0 aliphatic carbocycles. The lowest BCUT2D eigenvalue weighted by Gasteiger charge is -2.03. The van der Waals surface area contributed by atoms with Gasteiger partial charge in [-0.15, -0.1) is 0 Å². The molecule has 4 nitrogen and oxygen atoms in total. The van der Waals surface area contributed by atoms with Crippen LogP contribution in [0.25, 0.3) is 5.65 Å². The summed E-state index contributed by atoms with van der Waals surface area (Å²) in [5, 5.41) is 2.87. The molecule has 1 amide bonds. The zero-order chi connectivity index (χ0) is 14.8. The van der Waals surface area contributed by atoms with Crippen molar-refractivity contribution < 1.29 is 4.79 Å². The van der Waals surface area contributed by atoms with Gasteiger partial charge in [0.05, 0.1) is 12.1 Å². The summed E-state index contributed by atoms with van der Waals surface area (Å²) in [6.07, 6.45) is 4.09. The number of fused-ring (bicyclic) bond motifs is 1. The average Bonchev–Trinajstić information content (AvgIpc) is 2.79. The summed E-state index contributed by atoms with van der Waals surface area (Å²) in [7, 11) is 0. The van der Waals surface area contributed by atoms with Gasteiger partial charge in [-0.25, -0.2) is 4.98 Å². The highest BCUT2D eigenvalue weighted by molar-refractivity contribution is 9.10. The summed E-state index contributed by atoms with van der Waals surface area (Å²) in [5.41, 5.74) is 3.54. The summed E-state index contributed by atoms with van der Waals surface area (Å²) < 4.78 is 2.86. The van der Waals surface area contributed by atoms with Crippen molar-refractivity contribution in [2.75, 3.05) is 5.32 Å². The van der Waals surface area contributed by atoms with Crippen LogP contribution >= 0.6 is 15.9 Å². The molecule has 21 heavy (non-hydrogen) atoms. The minimum Gasteiger partial charge on any atom is -0.326 e. The van der Waals surface area contributed by atoms with Crippen LogP contribution in [-0.2, 0) is 11.2 Å². The third-order valence-electron chi connectivity index (χ3n) is 3.12. The van der Waals surface area contributed by atoms with Crippen LogP contribution in [0.4, 0.5) is 5.69 Å². The highest BCUT2D eigenvalue weighted by atomic mass is 79.9. The summed E-state index contributed by atoms with van der Waals surface area (Å²) in [5.74, 6) is -0.0757. The van der Waals surface area contributed by atoms with Gasteiger partial charge in [-0.1, -0.05) is 22.0 Å². The first-order valence-corrected chi connectivity index (χ1v) is 7.39. The third-order valence-corrected chi connectivity index (χ3v) is 3.61. The second kappa shape index (κ2) is 5.69. The molecule has 0 bridgehead atoms. The fourth-order valence-corrected chi connectivity index (χ4v) is 2.56. The van der Waals surface area contributed by atoms with Crippen LogP contribution in [0, 0.1) is 6.92 Å². The molecule has 0 unspecified atom stereocenters. The van der Waals surface area contributed by atoms with Crippen molar-refractivity contribution in [3.63, 3.8) is 0 Å². The standard InChI is InChI=1S/C16H14BrN3O/c1-11-5-6-20-10-14(18-15(20)7-11)9-16(21)19-13-4-2-3-12(17)8-13/h2-8,10H,9H2,1H3,(H,19,21). The van der Waals surface area contributed by atoms with Gasteiger partial charge in [0.1, 0.15) is 5.65 Å². The molecule has 2 aromatic heterocycles. The smallest absolute Gasteiger partial charge is 0.230 e. The SMILES string of the molecule is Cc1ccn2cc(CC(=O)Nc3cccc(Br)c3)nc2c1. The van der Waals surface area contributed by atoms with Crippen LogP contribution in [0.1, 0.15) is 11.3 Å². The van der Waals surface area contributed by atoms with E-state index in [0.717, 1.165) is 27.1 Å². The van der Waals surface area contributed by atoms with Gasteiger partial charge < -0.3 is 9.72 Å². The van der Waals surface area contributed by atoms with Gasteiger partial charge in [0.25, 0.3) is 0 Å². The summed E-state index contributed by atoms with van der Waals surface area (Å²) >= 11 is 3.38. The highest BCUT2D eigenvalue weighted by Crippen LogP contribution is 2.16. The molecule has 0 radical (unpaired) electrons. The second-order valence-corrected chi connectivity index (χ2v) is 5.85. The van der Waals surface area contributed by atoms with Crippen molar-refractivity contribution in [1.82, 2.24) is 9.38 Å². The normalized spacial score (nSPS) is 10.8. The van der Waals surface area contributed by atoms with Crippen molar-refractivity contribution in [3.8, 4) is 0 Å². The number of carbonyl (C=O) groups is 1. The van der Waals surface area contributed by atoms with Crippen molar-refractivity contribution in [2.24, 2.45) is 0 Å². The van der Waals surface area contributed by atoms with Gasteiger partial charge in [-0.3, -0.25) is 4.79 Å². The fourth-order valence-electron chi connectivity index (χ4n) is 2.16. The van der Waals surface area contributed by atoms with E-state index >= 15 is 0 Å². The summed E-state index contributed by atoms with van der Waals surface area (Å²) in [6.45, 7) is 2.02. The summed E-state index contributed by atoms with van der Waals surface area (Å²) in [4.78, 5) is 16.5. The molecule has 0 aliphatic heterocycles. The van der Waals surface area contributed by atoms with Gasteiger partial charge >= 0.3 is 0 Å². The van der Waals surface area contributed by atoms with Crippen molar-refractivity contribution >= 4 is 33.2 Å². The Labute approximate surface area is 131 Å². The number of rotatable bonds is 3. The van der Waals surface area contributed by atoms with E-state index in [1.165, 1.54) is 0 Å². The molecular formula is C16H14BrN3O. The quantitative estimate of drug-likeness (QED) is 0.789. The van der Waals surface area contributed by atoms with E-state index in [1.807, 2.05) is 60.1 Å². The maximum Gasteiger partial charge on any atom is 0.230 e. The number of nitrogens with one attached hydrogen (secondary N) is 1. The Kier molecular flexibility index (Phi) is 3.75. The second-order valence-electron chi connectivity index (χ2n) is 4.94. The number of nitrogens with zero attached hydrogens (tertiary/aromatic N) is 2. The Balaban J connectivity index is 1.74. The largest absolute Gasteiger partial charge is 0.326 e. The van der Waals surface area contributed by atoms with E-state index in [0.29, 0.717) is 0 Å². The molecule has 2 heterocycles. The minimum atomic E-state index is -0.0757. The predicted molar refractivity (Wildman–Crippen MR) is 86.4 cm³/mol. The topological polar surface area (TPSA) is 46.4 Å². The Bertz CT molecular complexity index is 810. The lowest BCUT2D eigenvalue weighted by Crippen LogP contribution is -2.14. The Morgan fingerprint density at radius 2 is 2.19 bits per heavy atom. The molecule has 1 aromatic carbocycles. The molecular weight excluding hydrogens is 330 g/mol. The number of carbonyl (C=O) groups excluding carboxylic acids is 1. The maximum absolute atomic E-state index is 12.1. The first kappa shape index (κ1) is 13.8. The number of benzene rings is 1. The number of anilines is 1. The molecule has 0 saturated carbocycles. The number of pyridine rings is 1. The van der Waals surface area contributed by atoms with Crippen molar-refractivity contribution in [2.45, 2.75) is 13.3 Å². The molecule has 0 fully saturated rings. The number of hydrogen-bond acceptors (Lipinski definition) is 2. The third kappa shape index (κ3) is 3.31. The number of aryl methyl sites for hydroxylation is 1. The van der Waals surface area contributed by atoms with Crippen molar-refractivity contribution in [3.05, 3.63) is 64.5 Å². The van der Waals surface area contributed by atoms with Gasteiger partial charge in [0, 0.05) is 22.6 Å². The maximum atomic E-state index is 12.1. The molecule has 0 spiro atoms. The lowest BCUT2D eigenvalue weighted by atomic mass is 10.3. The van der Waals surface area contributed by atoms with Crippen LogP contribution in [0.2, 0.25) is 0 Å². The predicted octanol–water partition coefficient (Wildman–Crippen LogP) is 3.59. The van der Waals surface area contributed by atoms with Gasteiger partial charge in [-0.2, -0.15) is 0 Å². The lowest BCUT2D eigenvalue weighted by molar-refractivity contribution is -0.115. The number of amides is 1. The average molecular weight is 344 g/mol. The van der Waals surface area contributed by atoms with E-state index in [-0.39, 0.29) is 12.3 Å². The van der Waals surface area contributed by atoms with E-state index in [4.69, 9.17) is 0 Å². The van der Waals surface area contributed by atoms with E-state index < -0.39 is 0 Å². The molecule has 1 N–H and O–H groups in total. The van der Waals surface area contributed by atoms with Crippen LogP contribution in [0.3, 0.4) is 0 Å². The van der Waals surface area contributed by atoms with E-state index in [1.54, 1.807) is 0 Å². The molecule has 0 aliphatic rings. The number of hydrogen-bond donors (Lipinski definition) is 1. The van der Waals surface area contributed by atoms with Gasteiger partial charge in [-0.05, 0) is 42.8 Å². The number of imidazole rings is 1.